The zero-order chi connectivity index (χ0) is 16.5. The molecule has 5 aliphatic rings. The second-order valence-corrected chi connectivity index (χ2v) is 8.96. The highest BCUT2D eigenvalue weighted by molar-refractivity contribution is 6.51. The van der Waals surface area contributed by atoms with Crippen LogP contribution >= 0.6 is 46.4 Å². The third-order valence-electron chi connectivity index (χ3n) is 6.15. The number of fused-ring (bicyclic) bond motifs is 12. The van der Waals surface area contributed by atoms with E-state index in [1.807, 2.05) is 0 Å². The molecule has 0 N–H and O–H groups in total. The van der Waals surface area contributed by atoms with E-state index in [0.29, 0.717) is 16.5 Å². The predicted molar refractivity (Wildman–Crippen MR) is 82.0 cm³/mol. The van der Waals surface area contributed by atoms with Gasteiger partial charge in [0.15, 0.2) is 0 Å². The summed E-state index contributed by atoms with van der Waals surface area (Å²) in [6, 6.07) is 0. The monoisotopic (exact) mass is 397 g/mol. The van der Waals surface area contributed by atoms with Gasteiger partial charge < -0.3 is 4.74 Å². The molecule has 2 aliphatic carbocycles. The van der Waals surface area contributed by atoms with Gasteiger partial charge in [0.05, 0.1) is 51.0 Å². The molecule has 0 unspecified atom stereocenters. The summed E-state index contributed by atoms with van der Waals surface area (Å²) in [7, 11) is 1.30. The molecule has 2 amide bonds. The maximum Gasteiger partial charge on any atom is 0.260 e. The lowest BCUT2D eigenvalue weighted by Crippen LogP contribution is -2.50. The Morgan fingerprint density at radius 1 is 1.04 bits per heavy atom. The minimum atomic E-state index is -0.931. The Balaban J connectivity index is 1.65. The molecule has 23 heavy (non-hydrogen) atoms. The minimum absolute atomic E-state index is 0.239. The maximum atomic E-state index is 12.5. The summed E-state index contributed by atoms with van der Waals surface area (Å²) in [6.45, 7) is 0. The summed E-state index contributed by atoms with van der Waals surface area (Å²) < 4.78 is 6.01. The zero-order valence-electron chi connectivity index (χ0n) is 11.8. The number of hydroxylamine groups is 2. The van der Waals surface area contributed by atoms with Gasteiger partial charge in [0.1, 0.15) is 0 Å². The number of ether oxygens (including phenoxy) is 1. The van der Waals surface area contributed by atoms with Crippen LogP contribution in [0, 0.1) is 23.7 Å². The number of carbonyl (C=O) groups excluding carboxylic acids is 2. The average molecular weight is 399 g/mol. The van der Waals surface area contributed by atoms with E-state index in [1.54, 1.807) is 0 Å². The highest BCUT2D eigenvalue weighted by Crippen LogP contribution is 2.75. The van der Waals surface area contributed by atoms with Crippen LogP contribution in [0.3, 0.4) is 0 Å². The van der Waals surface area contributed by atoms with Crippen LogP contribution in [-0.2, 0) is 19.2 Å². The normalized spacial score (nSPS) is 56.1. The lowest BCUT2D eigenvalue weighted by molar-refractivity contribution is -0.184. The first-order valence-electron chi connectivity index (χ1n) is 7.29. The Bertz CT molecular complexity index is 659. The van der Waals surface area contributed by atoms with Crippen LogP contribution < -0.4 is 0 Å². The minimum Gasteiger partial charge on any atom is -0.373 e. The number of imide groups is 1. The van der Waals surface area contributed by atoms with E-state index in [9.17, 15) is 9.59 Å². The zero-order valence-corrected chi connectivity index (χ0v) is 14.8. The topological polar surface area (TPSA) is 55.8 Å². The molecule has 8 atom stereocenters. The van der Waals surface area contributed by atoms with E-state index >= 15 is 0 Å². The third kappa shape index (κ3) is 1.37. The SMILES string of the molecule is CON1C(=O)[C@@H]2[C@H]3O[C@@H]([C@@H]2C1=O)[C@H]1[C@@H]3[C@@]2(Cl)C[C@@]1(Cl)C(Cl)=C2Cl. The summed E-state index contributed by atoms with van der Waals surface area (Å²) in [4.78, 5) is 28.1. The fraction of sp³-hybridized carbons (Fsp3) is 0.714. The number of nitrogens with zero attached hydrogens (tertiary/aromatic N) is 1. The van der Waals surface area contributed by atoms with Gasteiger partial charge in [0.2, 0.25) is 0 Å². The molecule has 124 valence electrons. The molecular weight excluding hydrogens is 388 g/mol. The molecule has 1 saturated carbocycles. The number of carbonyl (C=O) groups is 2. The molecule has 5 nitrogen and oxygen atoms in total. The van der Waals surface area contributed by atoms with Crippen molar-refractivity contribution in [3.63, 3.8) is 0 Å². The van der Waals surface area contributed by atoms with Crippen molar-refractivity contribution < 1.29 is 19.2 Å². The van der Waals surface area contributed by atoms with Crippen molar-refractivity contribution in [1.82, 2.24) is 5.06 Å². The van der Waals surface area contributed by atoms with Crippen LogP contribution in [0.2, 0.25) is 0 Å². The second kappa shape index (κ2) is 4.19. The summed E-state index contributed by atoms with van der Waals surface area (Å²) in [5.41, 5.74) is 0. The molecule has 3 saturated heterocycles. The number of halogens is 4. The van der Waals surface area contributed by atoms with Crippen LogP contribution in [0.5, 0.6) is 0 Å². The smallest absolute Gasteiger partial charge is 0.260 e. The first kappa shape index (κ1) is 15.2. The second-order valence-electron chi connectivity index (χ2n) is 6.85. The molecule has 4 fully saturated rings. The fourth-order valence-electron chi connectivity index (χ4n) is 5.44. The highest BCUT2D eigenvalue weighted by Gasteiger charge is 2.81. The first-order valence-corrected chi connectivity index (χ1v) is 8.80. The standard InChI is InChI=1S/C14H11Cl4NO4/c1-22-19-11(20)3-4(12(19)21)8-6-5(7(3)23-8)13(17)2-14(6,18)10(16)9(13)15/h3-8H,2H2,1H3/t3-,4+,5-,6+,7+,8-,13-,14-/m0/s1. The van der Waals surface area contributed by atoms with E-state index in [2.05, 4.69) is 0 Å². The lowest BCUT2D eigenvalue weighted by atomic mass is 9.65. The molecule has 9 heteroatoms. The Hall–Kier alpha value is -0.0400. The quantitative estimate of drug-likeness (QED) is 0.502. The Kier molecular flexibility index (Phi) is 2.78. The highest BCUT2D eigenvalue weighted by atomic mass is 35.5. The van der Waals surface area contributed by atoms with Gasteiger partial charge in [-0.15, -0.1) is 23.2 Å². The molecule has 0 aromatic heterocycles. The predicted octanol–water partition coefficient (Wildman–Crippen LogP) is 2.22. The number of hydrogen-bond donors (Lipinski definition) is 0. The molecule has 0 radical (unpaired) electrons. The van der Waals surface area contributed by atoms with Gasteiger partial charge in [-0.2, -0.15) is 5.06 Å². The number of allylic oxidation sites excluding steroid dienone is 2. The number of hydrogen-bond acceptors (Lipinski definition) is 4. The van der Waals surface area contributed by atoms with E-state index < -0.39 is 33.8 Å². The largest absolute Gasteiger partial charge is 0.373 e. The van der Waals surface area contributed by atoms with Crippen molar-refractivity contribution >= 4 is 58.2 Å². The van der Waals surface area contributed by atoms with Crippen molar-refractivity contribution in [2.75, 3.05) is 7.11 Å². The van der Waals surface area contributed by atoms with Crippen LogP contribution in [0.4, 0.5) is 0 Å². The van der Waals surface area contributed by atoms with Crippen LogP contribution in [0.15, 0.2) is 10.1 Å². The van der Waals surface area contributed by atoms with Gasteiger partial charge in [-0.05, 0) is 6.42 Å². The van der Waals surface area contributed by atoms with Gasteiger partial charge in [-0.1, -0.05) is 23.2 Å². The molecule has 5 rings (SSSR count). The number of alkyl halides is 2. The van der Waals surface area contributed by atoms with Gasteiger partial charge >= 0.3 is 0 Å². The van der Waals surface area contributed by atoms with Gasteiger partial charge in [0, 0.05) is 11.8 Å². The Morgan fingerprint density at radius 3 is 1.87 bits per heavy atom. The fourth-order valence-corrected chi connectivity index (χ4v) is 7.46. The van der Waals surface area contributed by atoms with Crippen molar-refractivity contribution in [1.29, 1.82) is 0 Å². The Morgan fingerprint density at radius 2 is 1.48 bits per heavy atom. The van der Waals surface area contributed by atoms with Crippen molar-refractivity contribution in [2.45, 2.75) is 28.4 Å². The summed E-state index contributed by atoms with van der Waals surface area (Å²) in [6.07, 6.45) is -0.603. The van der Waals surface area contributed by atoms with Crippen LogP contribution in [0.1, 0.15) is 6.42 Å². The first-order chi connectivity index (χ1) is 10.8. The molecule has 0 spiro atoms. The maximum absolute atomic E-state index is 12.5. The third-order valence-corrected chi connectivity index (χ3v) is 8.64. The molecular formula is C14H11Cl4NO4. The van der Waals surface area contributed by atoms with Crippen molar-refractivity contribution in [3.05, 3.63) is 10.1 Å². The molecule has 3 aliphatic heterocycles. The van der Waals surface area contributed by atoms with E-state index in [0.717, 1.165) is 5.06 Å². The molecule has 4 bridgehead atoms. The van der Waals surface area contributed by atoms with Crippen molar-refractivity contribution in [2.24, 2.45) is 23.7 Å². The summed E-state index contributed by atoms with van der Waals surface area (Å²) >= 11 is 26.3. The lowest BCUT2D eigenvalue weighted by Gasteiger charge is -2.40. The van der Waals surface area contributed by atoms with Gasteiger partial charge in [0.25, 0.3) is 11.8 Å². The van der Waals surface area contributed by atoms with Crippen molar-refractivity contribution in [3.8, 4) is 0 Å². The number of rotatable bonds is 1. The van der Waals surface area contributed by atoms with Gasteiger partial charge in [-0.25, -0.2) is 0 Å². The van der Waals surface area contributed by atoms with E-state index in [1.165, 1.54) is 7.11 Å². The molecule has 3 heterocycles. The van der Waals surface area contributed by atoms with E-state index in [4.69, 9.17) is 56.0 Å². The summed E-state index contributed by atoms with van der Waals surface area (Å²) in [5.74, 6) is -2.43. The van der Waals surface area contributed by atoms with Crippen LogP contribution in [-0.4, -0.2) is 45.9 Å². The summed E-state index contributed by atoms with van der Waals surface area (Å²) in [5, 5.41) is 1.49. The average Bonchev–Trinajstić information content (AvgIpc) is 3.21. The van der Waals surface area contributed by atoms with Gasteiger partial charge in [-0.3, -0.25) is 14.4 Å². The molecule has 0 aromatic carbocycles. The van der Waals surface area contributed by atoms with E-state index in [-0.39, 0.29) is 23.7 Å². The number of amides is 2. The van der Waals surface area contributed by atoms with Crippen LogP contribution in [0.25, 0.3) is 0 Å². The molecule has 0 aromatic rings. The Labute approximate surface area is 151 Å².